The highest BCUT2D eigenvalue weighted by atomic mass is 16.2. The van der Waals surface area contributed by atoms with Gasteiger partial charge in [-0.1, -0.05) is 6.42 Å². The van der Waals surface area contributed by atoms with E-state index in [9.17, 15) is 4.79 Å². The molecule has 2 saturated heterocycles. The van der Waals surface area contributed by atoms with Crippen molar-refractivity contribution < 1.29 is 4.79 Å². The Hall–Kier alpha value is -0.610. The minimum Gasteiger partial charge on any atom is -0.343 e. The average molecular weight is 253 g/mol. The van der Waals surface area contributed by atoms with Gasteiger partial charge < -0.3 is 10.6 Å². The predicted octanol–water partition coefficient (Wildman–Crippen LogP) is 1.20. The molecule has 2 atom stereocenters. The Morgan fingerprint density at radius 1 is 1.22 bits per heavy atom. The zero-order valence-electron chi connectivity index (χ0n) is 11.8. The highest BCUT2D eigenvalue weighted by Gasteiger charge is 2.34. The van der Waals surface area contributed by atoms with Crippen molar-refractivity contribution >= 4 is 5.91 Å². The molecule has 2 aliphatic rings. The molecule has 2 unspecified atom stereocenters. The van der Waals surface area contributed by atoms with E-state index in [1.54, 1.807) is 6.92 Å². The summed E-state index contributed by atoms with van der Waals surface area (Å²) in [7, 11) is 0. The van der Waals surface area contributed by atoms with Gasteiger partial charge in [0.1, 0.15) is 0 Å². The third-order valence-corrected chi connectivity index (χ3v) is 4.69. The van der Waals surface area contributed by atoms with Gasteiger partial charge in [-0.05, 0) is 32.6 Å². The minimum atomic E-state index is 0.218. The first kappa shape index (κ1) is 13.8. The van der Waals surface area contributed by atoms with E-state index in [2.05, 4.69) is 11.8 Å². The summed E-state index contributed by atoms with van der Waals surface area (Å²) in [6.07, 6.45) is 6.07. The van der Waals surface area contributed by atoms with Crippen LogP contribution >= 0.6 is 0 Å². The van der Waals surface area contributed by atoms with Crippen molar-refractivity contribution in [1.29, 1.82) is 0 Å². The predicted molar refractivity (Wildman–Crippen MR) is 73.3 cm³/mol. The Kier molecular flexibility index (Phi) is 4.62. The van der Waals surface area contributed by atoms with Gasteiger partial charge in [0.15, 0.2) is 0 Å². The zero-order valence-corrected chi connectivity index (χ0v) is 11.8. The van der Waals surface area contributed by atoms with Crippen molar-refractivity contribution in [3.05, 3.63) is 0 Å². The van der Waals surface area contributed by atoms with Gasteiger partial charge in [0.25, 0.3) is 0 Å². The number of piperidine rings is 2. The highest BCUT2D eigenvalue weighted by molar-refractivity contribution is 5.73. The first-order valence-corrected chi connectivity index (χ1v) is 7.36. The Morgan fingerprint density at radius 3 is 2.44 bits per heavy atom. The Balaban J connectivity index is 1.96. The molecule has 4 nitrogen and oxygen atoms in total. The van der Waals surface area contributed by atoms with Crippen molar-refractivity contribution in [2.24, 2.45) is 5.73 Å². The Labute approximate surface area is 110 Å². The zero-order chi connectivity index (χ0) is 13.1. The molecule has 2 fully saturated rings. The first-order valence-electron chi connectivity index (χ1n) is 7.36. The van der Waals surface area contributed by atoms with Crippen molar-refractivity contribution in [2.45, 2.75) is 64.1 Å². The fourth-order valence-electron chi connectivity index (χ4n) is 3.68. The molecule has 1 amide bonds. The van der Waals surface area contributed by atoms with E-state index in [1.165, 1.54) is 19.3 Å². The van der Waals surface area contributed by atoms with Crippen LogP contribution in [0.2, 0.25) is 0 Å². The molecule has 0 aromatic carbocycles. The van der Waals surface area contributed by atoms with Crippen LogP contribution < -0.4 is 5.73 Å². The summed E-state index contributed by atoms with van der Waals surface area (Å²) in [5.41, 5.74) is 5.93. The van der Waals surface area contributed by atoms with Crippen molar-refractivity contribution in [3.8, 4) is 0 Å². The summed E-state index contributed by atoms with van der Waals surface area (Å²) in [6.45, 7) is 6.62. The maximum absolute atomic E-state index is 11.4. The minimum absolute atomic E-state index is 0.218. The van der Waals surface area contributed by atoms with Gasteiger partial charge in [-0.15, -0.1) is 0 Å². The molecule has 2 heterocycles. The van der Waals surface area contributed by atoms with Crippen LogP contribution in [0.25, 0.3) is 0 Å². The second-order valence-electron chi connectivity index (χ2n) is 5.85. The smallest absolute Gasteiger partial charge is 0.219 e. The standard InChI is InChI=1S/C14H27N3O/c1-11-4-3-5-14(10-15)17(11)13-6-8-16(9-7-13)12(2)18/h11,13-14H,3-10,15H2,1-2H3. The van der Waals surface area contributed by atoms with Gasteiger partial charge in [-0.2, -0.15) is 0 Å². The number of amides is 1. The van der Waals surface area contributed by atoms with Crippen molar-refractivity contribution in [2.75, 3.05) is 19.6 Å². The van der Waals surface area contributed by atoms with Crippen LogP contribution in [0.1, 0.15) is 46.0 Å². The molecule has 4 heteroatoms. The third-order valence-electron chi connectivity index (χ3n) is 4.69. The molecule has 2 N–H and O–H groups in total. The van der Waals surface area contributed by atoms with Gasteiger partial charge in [0.2, 0.25) is 5.91 Å². The van der Waals surface area contributed by atoms with E-state index < -0.39 is 0 Å². The Morgan fingerprint density at radius 2 is 1.89 bits per heavy atom. The quantitative estimate of drug-likeness (QED) is 0.804. The van der Waals surface area contributed by atoms with Crippen LogP contribution in [-0.4, -0.2) is 53.5 Å². The third kappa shape index (κ3) is 2.86. The summed E-state index contributed by atoms with van der Waals surface area (Å²) < 4.78 is 0. The second-order valence-corrected chi connectivity index (χ2v) is 5.85. The van der Waals surface area contributed by atoms with Crippen LogP contribution in [0.15, 0.2) is 0 Å². The molecule has 0 aromatic heterocycles. The van der Waals surface area contributed by atoms with E-state index in [-0.39, 0.29) is 5.91 Å². The van der Waals surface area contributed by atoms with E-state index in [0.717, 1.165) is 32.5 Å². The van der Waals surface area contributed by atoms with Crippen LogP contribution in [0.5, 0.6) is 0 Å². The number of hydrogen-bond acceptors (Lipinski definition) is 3. The van der Waals surface area contributed by atoms with Gasteiger partial charge in [0, 0.05) is 44.7 Å². The molecular formula is C14H27N3O. The molecule has 0 aliphatic carbocycles. The van der Waals surface area contributed by atoms with Crippen LogP contribution in [0.3, 0.4) is 0 Å². The lowest BCUT2D eigenvalue weighted by Crippen LogP contribution is -2.56. The van der Waals surface area contributed by atoms with Crippen molar-refractivity contribution in [1.82, 2.24) is 9.80 Å². The number of carbonyl (C=O) groups is 1. The van der Waals surface area contributed by atoms with E-state index >= 15 is 0 Å². The number of rotatable bonds is 2. The van der Waals surface area contributed by atoms with E-state index in [4.69, 9.17) is 5.73 Å². The number of nitrogens with two attached hydrogens (primary N) is 1. The lowest BCUT2D eigenvalue weighted by molar-refractivity contribution is -0.130. The van der Waals surface area contributed by atoms with Gasteiger partial charge >= 0.3 is 0 Å². The number of hydrogen-bond donors (Lipinski definition) is 1. The van der Waals surface area contributed by atoms with E-state index in [1.807, 2.05) is 4.90 Å². The molecule has 0 saturated carbocycles. The maximum Gasteiger partial charge on any atom is 0.219 e. The van der Waals surface area contributed by atoms with Gasteiger partial charge in [0.05, 0.1) is 0 Å². The molecule has 104 valence electrons. The molecule has 18 heavy (non-hydrogen) atoms. The Bertz CT molecular complexity index is 287. The first-order chi connectivity index (χ1) is 8.63. The van der Waals surface area contributed by atoms with Crippen molar-refractivity contribution in [3.63, 3.8) is 0 Å². The topological polar surface area (TPSA) is 49.6 Å². The maximum atomic E-state index is 11.4. The summed E-state index contributed by atoms with van der Waals surface area (Å²) in [6, 6.07) is 1.84. The molecule has 0 aromatic rings. The molecular weight excluding hydrogens is 226 g/mol. The summed E-state index contributed by atoms with van der Waals surface area (Å²) in [5.74, 6) is 0.218. The summed E-state index contributed by atoms with van der Waals surface area (Å²) in [4.78, 5) is 16.0. The summed E-state index contributed by atoms with van der Waals surface area (Å²) >= 11 is 0. The van der Waals surface area contributed by atoms with E-state index in [0.29, 0.717) is 18.1 Å². The highest BCUT2D eigenvalue weighted by Crippen LogP contribution is 2.29. The largest absolute Gasteiger partial charge is 0.343 e. The van der Waals surface area contributed by atoms with Gasteiger partial charge in [-0.25, -0.2) is 0 Å². The fraction of sp³-hybridized carbons (Fsp3) is 0.929. The molecule has 2 aliphatic heterocycles. The molecule has 0 bridgehead atoms. The SMILES string of the molecule is CC(=O)N1CCC(N2C(C)CCCC2CN)CC1. The lowest BCUT2D eigenvalue weighted by atomic mass is 9.91. The summed E-state index contributed by atoms with van der Waals surface area (Å²) in [5, 5.41) is 0. The van der Waals surface area contributed by atoms with Crippen LogP contribution in [0, 0.1) is 0 Å². The normalized spacial score (nSPS) is 31.6. The molecule has 2 rings (SSSR count). The fourth-order valence-corrected chi connectivity index (χ4v) is 3.68. The second kappa shape index (κ2) is 6.02. The van der Waals surface area contributed by atoms with Gasteiger partial charge in [-0.3, -0.25) is 9.69 Å². The average Bonchev–Trinajstić information content (AvgIpc) is 2.38. The molecule has 0 radical (unpaired) electrons. The lowest BCUT2D eigenvalue weighted by Gasteiger charge is -2.47. The molecule has 0 spiro atoms. The number of likely N-dealkylation sites (tertiary alicyclic amines) is 2. The monoisotopic (exact) mass is 253 g/mol. The van der Waals surface area contributed by atoms with Crippen LogP contribution in [0.4, 0.5) is 0 Å². The van der Waals surface area contributed by atoms with Crippen LogP contribution in [-0.2, 0) is 4.79 Å². The number of carbonyl (C=O) groups excluding carboxylic acids is 1. The number of nitrogens with zero attached hydrogens (tertiary/aromatic N) is 2.